The molecule has 0 unspecified atom stereocenters. The van der Waals surface area contributed by atoms with Crippen LogP contribution in [0.2, 0.25) is 0 Å². The van der Waals surface area contributed by atoms with Crippen molar-refractivity contribution in [3.05, 3.63) is 222 Å². The third-order valence-electron chi connectivity index (χ3n) is 13.3. The Morgan fingerprint density at radius 1 is 0.322 bits per heavy atom. The molecule has 11 rings (SSSR count). The third kappa shape index (κ3) is 5.53. The molecule has 2 aliphatic rings. The maximum Gasteiger partial charge on any atom is 0.0621 e. The van der Waals surface area contributed by atoms with Gasteiger partial charge in [-0.2, -0.15) is 0 Å². The van der Waals surface area contributed by atoms with Gasteiger partial charge >= 0.3 is 0 Å². The van der Waals surface area contributed by atoms with Crippen LogP contribution in [0.1, 0.15) is 49.9 Å². The van der Waals surface area contributed by atoms with E-state index in [1.165, 1.54) is 94.3 Å². The summed E-state index contributed by atoms with van der Waals surface area (Å²) in [6.45, 7) is 9.57. The molecule has 0 radical (unpaired) electrons. The number of nitrogens with zero attached hydrogens (tertiary/aromatic N) is 1. The van der Waals surface area contributed by atoms with Gasteiger partial charge in [0.15, 0.2) is 0 Å². The Labute approximate surface area is 347 Å². The van der Waals surface area contributed by atoms with E-state index in [4.69, 9.17) is 0 Å². The third-order valence-corrected chi connectivity index (χ3v) is 13.3. The van der Waals surface area contributed by atoms with Gasteiger partial charge in [-0.3, -0.25) is 0 Å². The highest BCUT2D eigenvalue weighted by atomic mass is 15.1. The Kier molecular flexibility index (Phi) is 7.94. The molecule has 59 heavy (non-hydrogen) atoms. The van der Waals surface area contributed by atoms with E-state index >= 15 is 0 Å². The molecule has 2 aliphatic carbocycles. The van der Waals surface area contributed by atoms with Crippen molar-refractivity contribution in [3.8, 4) is 55.6 Å². The standard InChI is InChI=1S/C58H45N/c1-57(2)51-22-14-13-21-48(51)49-34-32-46(37-53(49)57)59(45-30-27-41(28-31-45)39-17-9-6-10-18-39)56-47-20-12-11-19-44(47)36-54-55(56)50-33-29-43(35-52(50)58(54,3)4)42-25-23-40(24-26-42)38-15-7-5-8-16-38/h5-37H,1-4H3. The normalized spacial score (nSPS) is 14.0. The molecular weight excluding hydrogens is 711 g/mol. The first-order valence-corrected chi connectivity index (χ1v) is 20.8. The van der Waals surface area contributed by atoms with Crippen LogP contribution in [0.15, 0.2) is 200 Å². The zero-order chi connectivity index (χ0) is 39.9. The van der Waals surface area contributed by atoms with Gasteiger partial charge in [0.1, 0.15) is 0 Å². The topological polar surface area (TPSA) is 3.24 Å². The fourth-order valence-corrected chi connectivity index (χ4v) is 10.1. The van der Waals surface area contributed by atoms with Crippen molar-refractivity contribution in [2.45, 2.75) is 38.5 Å². The lowest BCUT2D eigenvalue weighted by atomic mass is 9.80. The molecule has 1 heteroatoms. The summed E-state index contributed by atoms with van der Waals surface area (Å²) in [5.74, 6) is 0. The van der Waals surface area contributed by atoms with Crippen LogP contribution in [0.3, 0.4) is 0 Å². The van der Waals surface area contributed by atoms with E-state index in [0.717, 1.165) is 11.4 Å². The van der Waals surface area contributed by atoms with Gasteiger partial charge < -0.3 is 4.90 Å². The molecule has 0 saturated carbocycles. The fraction of sp³-hybridized carbons (Fsp3) is 0.103. The van der Waals surface area contributed by atoms with Crippen LogP contribution in [-0.4, -0.2) is 0 Å². The van der Waals surface area contributed by atoms with Crippen molar-refractivity contribution in [1.29, 1.82) is 0 Å². The van der Waals surface area contributed by atoms with Gasteiger partial charge in [-0.15, -0.1) is 0 Å². The van der Waals surface area contributed by atoms with Gasteiger partial charge in [0.2, 0.25) is 0 Å². The predicted molar refractivity (Wildman–Crippen MR) is 250 cm³/mol. The SMILES string of the molecule is CC1(C)c2ccccc2-c2ccc(N(c3ccc(-c4ccccc4)cc3)c3c4c(cc5ccccc35)C(C)(C)c3cc(-c5ccc(-c6ccccc6)cc5)ccc3-4)cc21. The zero-order valence-corrected chi connectivity index (χ0v) is 34.0. The molecule has 9 aromatic rings. The van der Waals surface area contributed by atoms with E-state index < -0.39 is 0 Å². The van der Waals surface area contributed by atoms with Crippen LogP contribution in [0.5, 0.6) is 0 Å². The Morgan fingerprint density at radius 3 is 1.49 bits per heavy atom. The van der Waals surface area contributed by atoms with Gasteiger partial charge in [0, 0.05) is 33.2 Å². The summed E-state index contributed by atoms with van der Waals surface area (Å²) in [5.41, 5.74) is 21.3. The molecule has 1 nitrogen and oxygen atoms in total. The predicted octanol–water partition coefficient (Wildman–Crippen LogP) is 15.9. The molecule has 0 aliphatic heterocycles. The number of benzene rings is 9. The van der Waals surface area contributed by atoms with Crippen LogP contribution < -0.4 is 4.90 Å². The molecule has 0 fully saturated rings. The lowest BCUT2D eigenvalue weighted by molar-refractivity contribution is 0.660. The van der Waals surface area contributed by atoms with Crippen LogP contribution in [0.4, 0.5) is 17.1 Å². The molecular formula is C58H45N. The van der Waals surface area contributed by atoms with Crippen molar-refractivity contribution in [2.75, 3.05) is 4.90 Å². The summed E-state index contributed by atoms with van der Waals surface area (Å²) in [7, 11) is 0. The molecule has 0 heterocycles. The van der Waals surface area contributed by atoms with E-state index in [-0.39, 0.29) is 10.8 Å². The van der Waals surface area contributed by atoms with Crippen molar-refractivity contribution in [2.24, 2.45) is 0 Å². The molecule has 0 N–H and O–H groups in total. The lowest BCUT2D eigenvalue weighted by Gasteiger charge is -2.32. The highest BCUT2D eigenvalue weighted by Gasteiger charge is 2.40. The second-order valence-corrected chi connectivity index (χ2v) is 17.3. The Balaban J connectivity index is 1.13. The summed E-state index contributed by atoms with van der Waals surface area (Å²) in [6.07, 6.45) is 0. The number of hydrogen-bond donors (Lipinski definition) is 0. The van der Waals surface area contributed by atoms with E-state index in [1.807, 2.05) is 0 Å². The lowest BCUT2D eigenvalue weighted by Crippen LogP contribution is -2.18. The van der Waals surface area contributed by atoms with E-state index in [9.17, 15) is 0 Å². The van der Waals surface area contributed by atoms with Crippen LogP contribution >= 0.6 is 0 Å². The summed E-state index contributed by atoms with van der Waals surface area (Å²) >= 11 is 0. The highest BCUT2D eigenvalue weighted by Crippen LogP contribution is 2.58. The van der Waals surface area contributed by atoms with Crippen LogP contribution in [-0.2, 0) is 10.8 Å². The van der Waals surface area contributed by atoms with Gasteiger partial charge in [-0.05, 0) is 114 Å². The number of fused-ring (bicyclic) bond motifs is 7. The maximum atomic E-state index is 2.55. The molecule has 0 aromatic heterocycles. The summed E-state index contributed by atoms with van der Waals surface area (Å²) in [5, 5.41) is 2.49. The highest BCUT2D eigenvalue weighted by molar-refractivity contribution is 6.10. The fourth-order valence-electron chi connectivity index (χ4n) is 10.1. The maximum absolute atomic E-state index is 2.55. The average Bonchev–Trinajstić information content (AvgIpc) is 3.65. The van der Waals surface area contributed by atoms with Gasteiger partial charge in [0.05, 0.1) is 5.69 Å². The van der Waals surface area contributed by atoms with Gasteiger partial charge in [0.25, 0.3) is 0 Å². The van der Waals surface area contributed by atoms with Crippen molar-refractivity contribution in [3.63, 3.8) is 0 Å². The summed E-state index contributed by atoms with van der Waals surface area (Å²) in [4.78, 5) is 2.55. The van der Waals surface area contributed by atoms with E-state index in [2.05, 4.69) is 233 Å². The second kappa shape index (κ2) is 13.3. The van der Waals surface area contributed by atoms with Gasteiger partial charge in [-0.1, -0.05) is 191 Å². The molecule has 9 aromatic carbocycles. The van der Waals surface area contributed by atoms with Crippen molar-refractivity contribution in [1.82, 2.24) is 0 Å². The molecule has 0 atom stereocenters. The first kappa shape index (κ1) is 35.2. The van der Waals surface area contributed by atoms with Crippen molar-refractivity contribution >= 4 is 27.8 Å². The minimum Gasteiger partial charge on any atom is -0.309 e. The van der Waals surface area contributed by atoms with Crippen LogP contribution in [0, 0.1) is 0 Å². The summed E-state index contributed by atoms with van der Waals surface area (Å²) in [6, 6.07) is 74.3. The van der Waals surface area contributed by atoms with E-state index in [0.29, 0.717) is 0 Å². The molecule has 0 spiro atoms. The first-order chi connectivity index (χ1) is 28.8. The Morgan fingerprint density at radius 2 is 0.797 bits per heavy atom. The van der Waals surface area contributed by atoms with Crippen molar-refractivity contribution < 1.29 is 0 Å². The molecule has 282 valence electrons. The Bertz CT molecular complexity index is 3060. The number of hydrogen-bond acceptors (Lipinski definition) is 1. The minimum absolute atomic E-state index is 0.129. The zero-order valence-electron chi connectivity index (χ0n) is 34.0. The number of rotatable bonds is 6. The second-order valence-electron chi connectivity index (χ2n) is 17.3. The largest absolute Gasteiger partial charge is 0.309 e. The molecule has 0 amide bonds. The average molecular weight is 756 g/mol. The summed E-state index contributed by atoms with van der Waals surface area (Å²) < 4.78 is 0. The monoisotopic (exact) mass is 755 g/mol. The molecule has 0 bridgehead atoms. The first-order valence-electron chi connectivity index (χ1n) is 20.8. The minimum atomic E-state index is -0.228. The van der Waals surface area contributed by atoms with Gasteiger partial charge in [-0.25, -0.2) is 0 Å². The number of anilines is 3. The quantitative estimate of drug-likeness (QED) is 0.163. The molecule has 0 saturated heterocycles. The Hall–Kier alpha value is -6.96. The smallest absolute Gasteiger partial charge is 0.0621 e. The van der Waals surface area contributed by atoms with Crippen LogP contribution in [0.25, 0.3) is 66.4 Å². The van der Waals surface area contributed by atoms with E-state index in [1.54, 1.807) is 0 Å².